The highest BCUT2D eigenvalue weighted by Gasteiger charge is 2.16. The summed E-state index contributed by atoms with van der Waals surface area (Å²) in [5.41, 5.74) is 3.06. The molecule has 0 aliphatic rings. The Morgan fingerprint density at radius 1 is 1.12 bits per heavy atom. The summed E-state index contributed by atoms with van der Waals surface area (Å²) in [6.07, 6.45) is -0.578. The molecule has 1 atom stereocenters. The maximum absolute atomic E-state index is 10.4. The summed E-state index contributed by atoms with van der Waals surface area (Å²) in [4.78, 5) is 2.22. The number of hydrogen-bond acceptors (Lipinski definition) is 2. The summed E-state index contributed by atoms with van der Waals surface area (Å²) < 4.78 is 0. The molecule has 90 valence electrons. The van der Waals surface area contributed by atoms with Gasteiger partial charge in [-0.2, -0.15) is 0 Å². The molecule has 1 nitrogen and oxygen atoms in total. The van der Waals surface area contributed by atoms with Gasteiger partial charge in [0.1, 0.15) is 6.10 Å². The van der Waals surface area contributed by atoms with E-state index in [1.54, 1.807) is 11.3 Å². The van der Waals surface area contributed by atoms with Crippen molar-refractivity contribution in [1.82, 2.24) is 0 Å². The Bertz CT molecular complexity index is 525. The van der Waals surface area contributed by atoms with Gasteiger partial charge in [0, 0.05) is 14.8 Å². The Kier molecular flexibility index (Phi) is 3.57. The Morgan fingerprint density at radius 3 is 2.35 bits per heavy atom. The van der Waals surface area contributed by atoms with Crippen LogP contribution in [0.4, 0.5) is 0 Å². The molecular weight excluding hydrogens is 252 g/mol. The van der Waals surface area contributed by atoms with Crippen LogP contribution >= 0.6 is 22.9 Å². The highest BCUT2D eigenvalue weighted by atomic mass is 35.5. The third-order valence-electron chi connectivity index (χ3n) is 2.71. The summed E-state index contributed by atoms with van der Waals surface area (Å²) in [6.45, 7) is 6.06. The fraction of sp³-hybridized carbons (Fsp3) is 0.286. The summed E-state index contributed by atoms with van der Waals surface area (Å²) in [5.74, 6) is 0. The van der Waals surface area contributed by atoms with Crippen LogP contribution < -0.4 is 0 Å². The minimum atomic E-state index is -0.578. The molecule has 17 heavy (non-hydrogen) atoms. The smallest absolute Gasteiger partial charge is 0.114 e. The lowest BCUT2D eigenvalue weighted by Crippen LogP contribution is -1.99. The zero-order valence-electron chi connectivity index (χ0n) is 10.1. The maximum Gasteiger partial charge on any atom is 0.114 e. The van der Waals surface area contributed by atoms with Gasteiger partial charge in [0.05, 0.1) is 0 Å². The van der Waals surface area contributed by atoms with Crippen molar-refractivity contribution < 1.29 is 5.11 Å². The van der Waals surface area contributed by atoms with Crippen LogP contribution in [0.5, 0.6) is 0 Å². The summed E-state index contributed by atoms with van der Waals surface area (Å²) in [6, 6.07) is 7.80. The highest BCUT2D eigenvalue weighted by Crippen LogP contribution is 2.33. The van der Waals surface area contributed by atoms with E-state index in [1.165, 1.54) is 4.88 Å². The number of benzene rings is 1. The largest absolute Gasteiger partial charge is 0.383 e. The van der Waals surface area contributed by atoms with Gasteiger partial charge in [-0.25, -0.2) is 0 Å². The minimum absolute atomic E-state index is 0.578. The average molecular weight is 267 g/mol. The molecule has 0 bridgehead atoms. The van der Waals surface area contributed by atoms with E-state index in [-0.39, 0.29) is 0 Å². The number of aliphatic hydroxyl groups is 1. The molecular formula is C14H15ClOS. The van der Waals surface area contributed by atoms with Crippen molar-refractivity contribution in [1.29, 1.82) is 0 Å². The topological polar surface area (TPSA) is 20.2 Å². The SMILES string of the molecule is Cc1cc(Cl)cc(C(O)c2sc(C)cc2C)c1. The average Bonchev–Trinajstić information content (AvgIpc) is 2.55. The summed E-state index contributed by atoms with van der Waals surface area (Å²) in [5, 5.41) is 11.1. The Hall–Kier alpha value is -0.830. The van der Waals surface area contributed by atoms with Gasteiger partial charge in [0.15, 0.2) is 0 Å². The quantitative estimate of drug-likeness (QED) is 0.854. The predicted octanol–water partition coefficient (Wildman–Crippen LogP) is 4.41. The number of halogens is 1. The molecule has 1 N–H and O–H groups in total. The summed E-state index contributed by atoms with van der Waals surface area (Å²) >= 11 is 7.65. The third kappa shape index (κ3) is 2.71. The monoisotopic (exact) mass is 266 g/mol. The molecule has 1 aromatic carbocycles. The first-order chi connectivity index (χ1) is 7.97. The van der Waals surface area contributed by atoms with Crippen LogP contribution in [-0.2, 0) is 0 Å². The van der Waals surface area contributed by atoms with Crippen molar-refractivity contribution in [2.24, 2.45) is 0 Å². The first-order valence-electron chi connectivity index (χ1n) is 5.49. The Labute approximate surface area is 111 Å². The highest BCUT2D eigenvalue weighted by molar-refractivity contribution is 7.12. The molecule has 2 aromatic rings. The van der Waals surface area contributed by atoms with Gasteiger partial charge in [-0.1, -0.05) is 17.7 Å². The van der Waals surface area contributed by atoms with Gasteiger partial charge in [-0.3, -0.25) is 0 Å². The first-order valence-corrected chi connectivity index (χ1v) is 6.69. The predicted molar refractivity (Wildman–Crippen MR) is 74.0 cm³/mol. The lowest BCUT2D eigenvalue weighted by Gasteiger charge is -2.12. The van der Waals surface area contributed by atoms with Crippen molar-refractivity contribution in [3.05, 3.63) is 55.7 Å². The number of thiophene rings is 1. The van der Waals surface area contributed by atoms with Crippen molar-refractivity contribution >= 4 is 22.9 Å². The molecule has 2 rings (SSSR count). The van der Waals surface area contributed by atoms with Gasteiger partial charge in [-0.05, 0) is 55.7 Å². The van der Waals surface area contributed by atoms with E-state index in [1.807, 2.05) is 32.0 Å². The van der Waals surface area contributed by atoms with Gasteiger partial charge in [0.2, 0.25) is 0 Å². The molecule has 0 radical (unpaired) electrons. The summed E-state index contributed by atoms with van der Waals surface area (Å²) in [7, 11) is 0. The molecule has 3 heteroatoms. The minimum Gasteiger partial charge on any atom is -0.383 e. The molecule has 1 aromatic heterocycles. The molecule has 0 aliphatic carbocycles. The number of aliphatic hydroxyl groups excluding tert-OH is 1. The Morgan fingerprint density at radius 2 is 1.82 bits per heavy atom. The van der Waals surface area contributed by atoms with E-state index in [4.69, 9.17) is 11.6 Å². The van der Waals surface area contributed by atoms with Crippen LogP contribution in [0, 0.1) is 20.8 Å². The van der Waals surface area contributed by atoms with Gasteiger partial charge < -0.3 is 5.11 Å². The molecule has 1 unspecified atom stereocenters. The number of hydrogen-bond donors (Lipinski definition) is 1. The first kappa shape index (κ1) is 12.6. The van der Waals surface area contributed by atoms with E-state index in [2.05, 4.69) is 13.0 Å². The molecule has 0 fully saturated rings. The van der Waals surface area contributed by atoms with Crippen LogP contribution in [0.2, 0.25) is 5.02 Å². The van der Waals surface area contributed by atoms with E-state index < -0.39 is 6.10 Å². The normalized spacial score (nSPS) is 12.8. The maximum atomic E-state index is 10.4. The number of aryl methyl sites for hydroxylation is 3. The Balaban J connectivity index is 2.43. The molecule has 0 aliphatic heterocycles. The molecule has 0 saturated carbocycles. The second-order valence-corrected chi connectivity index (χ2v) is 6.09. The third-order valence-corrected chi connectivity index (χ3v) is 4.13. The van der Waals surface area contributed by atoms with Gasteiger partial charge in [-0.15, -0.1) is 11.3 Å². The zero-order valence-corrected chi connectivity index (χ0v) is 11.7. The number of rotatable bonds is 2. The van der Waals surface area contributed by atoms with Crippen LogP contribution in [0.3, 0.4) is 0 Å². The van der Waals surface area contributed by atoms with E-state index in [9.17, 15) is 5.11 Å². The molecule has 0 amide bonds. The van der Waals surface area contributed by atoms with E-state index in [0.717, 1.165) is 21.6 Å². The molecule has 0 spiro atoms. The second-order valence-electron chi connectivity index (χ2n) is 4.37. The van der Waals surface area contributed by atoms with E-state index >= 15 is 0 Å². The van der Waals surface area contributed by atoms with E-state index in [0.29, 0.717) is 5.02 Å². The van der Waals surface area contributed by atoms with Gasteiger partial charge >= 0.3 is 0 Å². The van der Waals surface area contributed by atoms with Gasteiger partial charge in [0.25, 0.3) is 0 Å². The van der Waals surface area contributed by atoms with Crippen LogP contribution in [0.25, 0.3) is 0 Å². The lowest BCUT2D eigenvalue weighted by molar-refractivity contribution is 0.223. The van der Waals surface area contributed by atoms with Crippen LogP contribution in [-0.4, -0.2) is 5.11 Å². The molecule has 1 heterocycles. The van der Waals surface area contributed by atoms with Crippen LogP contribution in [0.15, 0.2) is 24.3 Å². The fourth-order valence-electron chi connectivity index (χ4n) is 2.00. The van der Waals surface area contributed by atoms with Crippen molar-refractivity contribution in [3.8, 4) is 0 Å². The fourth-order valence-corrected chi connectivity index (χ4v) is 3.35. The van der Waals surface area contributed by atoms with Crippen molar-refractivity contribution in [3.63, 3.8) is 0 Å². The van der Waals surface area contributed by atoms with Crippen molar-refractivity contribution in [2.75, 3.05) is 0 Å². The van der Waals surface area contributed by atoms with Crippen molar-refractivity contribution in [2.45, 2.75) is 26.9 Å². The second kappa shape index (κ2) is 4.81. The lowest BCUT2D eigenvalue weighted by atomic mass is 10.0. The molecule has 0 saturated heterocycles. The standard InChI is InChI=1S/C14H15ClOS/c1-8-4-11(7-12(15)5-8)13(16)14-9(2)6-10(3)17-14/h4-7,13,16H,1-3H3. The van der Waals surface area contributed by atoms with Crippen LogP contribution in [0.1, 0.15) is 32.5 Å². The zero-order chi connectivity index (χ0) is 12.6.